The van der Waals surface area contributed by atoms with E-state index in [0.29, 0.717) is 6.61 Å². The van der Waals surface area contributed by atoms with E-state index in [2.05, 4.69) is 5.32 Å². The zero-order valence-corrected chi connectivity index (χ0v) is 18.1. The zero-order chi connectivity index (χ0) is 21.1. The molecule has 7 nitrogen and oxygen atoms in total. The first-order valence-corrected chi connectivity index (χ1v) is 10.3. The number of hydrogen-bond acceptors (Lipinski definition) is 5. The Balaban J connectivity index is 2.40. The maximum atomic E-state index is 12.6. The molecule has 1 N–H and O–H groups in total. The van der Waals surface area contributed by atoms with E-state index in [0.717, 1.165) is 4.31 Å². The molecule has 2 aromatic carbocycles. The number of ether oxygens (including phenoxy) is 2. The van der Waals surface area contributed by atoms with Crippen LogP contribution < -0.4 is 14.8 Å². The monoisotopic (exact) mass is 446 g/mol. The van der Waals surface area contributed by atoms with Crippen LogP contribution in [0.25, 0.3) is 0 Å². The van der Waals surface area contributed by atoms with Crippen LogP contribution in [0.1, 0.15) is 17.3 Å². The minimum absolute atomic E-state index is 0.0528. The Kier molecular flexibility index (Phi) is 7.16. The van der Waals surface area contributed by atoms with E-state index >= 15 is 0 Å². The van der Waals surface area contributed by atoms with Gasteiger partial charge in [0.2, 0.25) is 10.0 Å². The summed E-state index contributed by atoms with van der Waals surface area (Å²) < 4.78 is 36.7. The summed E-state index contributed by atoms with van der Waals surface area (Å²) in [5.41, 5.74) is 0.471. The fourth-order valence-corrected chi connectivity index (χ4v) is 4.04. The maximum Gasteiger partial charge on any atom is 0.255 e. The molecule has 0 fully saturated rings. The molecule has 2 rings (SSSR count). The molecule has 0 atom stereocenters. The van der Waals surface area contributed by atoms with Crippen molar-refractivity contribution in [3.05, 3.63) is 45.9 Å². The third-order valence-electron chi connectivity index (χ3n) is 3.72. The number of carbonyl (C=O) groups excluding carboxylic acids is 1. The Morgan fingerprint density at radius 1 is 1.14 bits per heavy atom. The minimum atomic E-state index is -3.78. The summed E-state index contributed by atoms with van der Waals surface area (Å²) in [6, 6.07) is 7.19. The summed E-state index contributed by atoms with van der Waals surface area (Å²) in [6.07, 6.45) is 0. The highest BCUT2D eigenvalue weighted by atomic mass is 35.5. The number of nitrogens with zero attached hydrogens (tertiary/aromatic N) is 1. The van der Waals surface area contributed by atoms with Gasteiger partial charge >= 0.3 is 0 Å². The average Bonchev–Trinajstić information content (AvgIpc) is 2.62. The first-order chi connectivity index (χ1) is 13.1. The number of hydrogen-bond donors (Lipinski definition) is 1. The lowest BCUT2D eigenvalue weighted by molar-refractivity contribution is 0.102. The second-order valence-corrected chi connectivity index (χ2v) is 8.74. The van der Waals surface area contributed by atoms with Crippen molar-refractivity contribution in [2.45, 2.75) is 11.8 Å². The molecule has 0 aliphatic rings. The van der Waals surface area contributed by atoms with Gasteiger partial charge in [-0.3, -0.25) is 4.79 Å². The van der Waals surface area contributed by atoms with Crippen molar-refractivity contribution in [1.29, 1.82) is 0 Å². The smallest absolute Gasteiger partial charge is 0.255 e. The van der Waals surface area contributed by atoms with Crippen LogP contribution in [0.4, 0.5) is 5.69 Å². The molecule has 28 heavy (non-hydrogen) atoms. The number of carbonyl (C=O) groups is 1. The van der Waals surface area contributed by atoms with Gasteiger partial charge in [-0.15, -0.1) is 0 Å². The van der Waals surface area contributed by atoms with Crippen LogP contribution in [-0.2, 0) is 10.0 Å². The second kappa shape index (κ2) is 9.00. The Labute approximate surface area is 174 Å². The third kappa shape index (κ3) is 4.70. The van der Waals surface area contributed by atoms with Gasteiger partial charge in [0, 0.05) is 25.3 Å². The molecule has 0 spiro atoms. The highest BCUT2D eigenvalue weighted by Gasteiger charge is 2.23. The van der Waals surface area contributed by atoms with Crippen molar-refractivity contribution in [3.8, 4) is 11.5 Å². The molecule has 0 saturated carbocycles. The second-order valence-electron chi connectivity index (χ2n) is 5.81. The standard InChI is InChI=1S/C18H20Cl2N2O5S/c1-5-27-15-7-6-12(10-16(15)28(24,25)22(2)3)21-18(23)11-8-13(19)17(26-4)14(20)9-11/h6-10H,5H2,1-4H3,(H,21,23). The van der Waals surface area contributed by atoms with E-state index in [4.69, 9.17) is 32.7 Å². The maximum absolute atomic E-state index is 12.6. The fourth-order valence-electron chi connectivity index (χ4n) is 2.35. The van der Waals surface area contributed by atoms with Crippen molar-refractivity contribution in [3.63, 3.8) is 0 Å². The molecular formula is C18H20Cl2N2O5S. The first-order valence-electron chi connectivity index (χ1n) is 8.15. The Morgan fingerprint density at radius 3 is 2.25 bits per heavy atom. The molecule has 0 aliphatic carbocycles. The van der Waals surface area contributed by atoms with Crippen molar-refractivity contribution in [2.24, 2.45) is 0 Å². The van der Waals surface area contributed by atoms with Crippen LogP contribution in [0, 0.1) is 0 Å². The highest BCUT2D eigenvalue weighted by Crippen LogP contribution is 2.34. The molecule has 0 heterocycles. The van der Waals surface area contributed by atoms with E-state index in [1.165, 1.54) is 45.5 Å². The number of halogens is 2. The van der Waals surface area contributed by atoms with E-state index < -0.39 is 15.9 Å². The summed E-state index contributed by atoms with van der Waals surface area (Å²) in [4.78, 5) is 12.5. The minimum Gasteiger partial charge on any atom is -0.494 e. The number of sulfonamides is 1. The zero-order valence-electron chi connectivity index (χ0n) is 15.7. The first kappa shape index (κ1) is 22.3. The number of amides is 1. The third-order valence-corrected chi connectivity index (χ3v) is 6.12. The van der Waals surface area contributed by atoms with E-state index in [1.54, 1.807) is 13.0 Å². The lowest BCUT2D eigenvalue weighted by atomic mass is 10.2. The Morgan fingerprint density at radius 2 is 1.75 bits per heavy atom. The summed E-state index contributed by atoms with van der Waals surface area (Å²) >= 11 is 12.1. The Hall–Kier alpha value is -2.00. The molecule has 1 amide bonds. The van der Waals surface area contributed by atoms with Gasteiger partial charge in [-0.2, -0.15) is 0 Å². The molecule has 10 heteroatoms. The van der Waals surface area contributed by atoms with Crippen LogP contribution in [0.5, 0.6) is 11.5 Å². The topological polar surface area (TPSA) is 84.9 Å². The normalized spacial score (nSPS) is 11.4. The summed E-state index contributed by atoms with van der Waals surface area (Å²) in [5.74, 6) is -0.0473. The van der Waals surface area contributed by atoms with Gasteiger partial charge in [-0.25, -0.2) is 12.7 Å². The van der Waals surface area contributed by atoms with Crippen LogP contribution in [-0.4, -0.2) is 46.4 Å². The van der Waals surface area contributed by atoms with Gasteiger partial charge in [0.15, 0.2) is 5.75 Å². The number of rotatable bonds is 7. The Bertz CT molecular complexity index is 970. The van der Waals surface area contributed by atoms with Gasteiger partial charge < -0.3 is 14.8 Å². The van der Waals surface area contributed by atoms with Gasteiger partial charge in [0.1, 0.15) is 10.6 Å². The SMILES string of the molecule is CCOc1ccc(NC(=O)c2cc(Cl)c(OC)c(Cl)c2)cc1S(=O)(=O)N(C)C. The molecule has 0 unspecified atom stereocenters. The summed E-state index contributed by atoms with van der Waals surface area (Å²) in [7, 11) is 0.468. The van der Waals surface area contributed by atoms with Crippen LogP contribution >= 0.6 is 23.2 Å². The molecular weight excluding hydrogens is 427 g/mol. The predicted octanol–water partition coefficient (Wildman–Crippen LogP) is 3.90. The van der Waals surface area contributed by atoms with Crippen molar-refractivity contribution < 1.29 is 22.7 Å². The number of nitrogens with one attached hydrogen (secondary N) is 1. The number of methoxy groups -OCH3 is 1. The summed E-state index contributed by atoms with van der Waals surface area (Å²) in [6.45, 7) is 2.05. The van der Waals surface area contributed by atoms with Crippen molar-refractivity contribution in [1.82, 2.24) is 4.31 Å². The molecule has 0 radical (unpaired) electrons. The molecule has 0 aliphatic heterocycles. The van der Waals surface area contributed by atoms with Crippen LogP contribution in [0.15, 0.2) is 35.2 Å². The van der Waals surface area contributed by atoms with Gasteiger partial charge in [0.25, 0.3) is 5.91 Å². The molecule has 0 aromatic heterocycles. The van der Waals surface area contributed by atoms with Gasteiger partial charge in [0.05, 0.1) is 23.8 Å². The molecule has 0 bridgehead atoms. The highest BCUT2D eigenvalue weighted by molar-refractivity contribution is 7.89. The van der Waals surface area contributed by atoms with Gasteiger partial charge in [-0.05, 0) is 37.3 Å². The summed E-state index contributed by atoms with van der Waals surface area (Å²) in [5, 5.41) is 3.00. The molecule has 2 aromatic rings. The van der Waals surface area contributed by atoms with Crippen molar-refractivity contribution in [2.75, 3.05) is 33.1 Å². The fraction of sp³-hybridized carbons (Fsp3) is 0.278. The molecule has 152 valence electrons. The van der Waals surface area contributed by atoms with Crippen molar-refractivity contribution >= 4 is 44.8 Å². The van der Waals surface area contributed by atoms with E-state index in [9.17, 15) is 13.2 Å². The quantitative estimate of drug-likeness (QED) is 0.696. The molecule has 0 saturated heterocycles. The average molecular weight is 447 g/mol. The lowest BCUT2D eigenvalue weighted by Gasteiger charge is -2.17. The van der Waals surface area contributed by atoms with Crippen LogP contribution in [0.2, 0.25) is 10.0 Å². The lowest BCUT2D eigenvalue weighted by Crippen LogP contribution is -2.23. The van der Waals surface area contributed by atoms with Gasteiger partial charge in [-0.1, -0.05) is 23.2 Å². The van der Waals surface area contributed by atoms with Crippen LogP contribution in [0.3, 0.4) is 0 Å². The number of anilines is 1. The van der Waals surface area contributed by atoms with E-state index in [-0.39, 0.29) is 37.7 Å². The van der Waals surface area contributed by atoms with E-state index in [1.807, 2.05) is 0 Å². The largest absolute Gasteiger partial charge is 0.494 e. The number of benzene rings is 2. The predicted molar refractivity (Wildman–Crippen MR) is 109 cm³/mol.